The Balaban J connectivity index is 2.04. The van der Waals surface area contributed by atoms with Crippen LogP contribution in [0, 0.1) is 12.8 Å². The van der Waals surface area contributed by atoms with Crippen molar-refractivity contribution in [3.05, 3.63) is 30.0 Å². The smallest absolute Gasteiger partial charge is 0.243 e. The van der Waals surface area contributed by atoms with E-state index in [9.17, 15) is 8.42 Å². The number of sulfonamides is 1. The van der Waals surface area contributed by atoms with Gasteiger partial charge >= 0.3 is 0 Å². The highest BCUT2D eigenvalue weighted by Gasteiger charge is 2.30. The molecule has 0 bridgehead atoms. The molecule has 0 spiro atoms. The van der Waals surface area contributed by atoms with Crippen molar-refractivity contribution in [2.45, 2.75) is 31.2 Å². The van der Waals surface area contributed by atoms with Crippen LogP contribution in [0.25, 0.3) is 10.9 Å². The fourth-order valence-electron chi connectivity index (χ4n) is 3.23. The van der Waals surface area contributed by atoms with E-state index >= 15 is 0 Å². The van der Waals surface area contributed by atoms with Gasteiger partial charge < -0.3 is 9.88 Å². The zero-order chi connectivity index (χ0) is 15.9. The molecule has 1 aliphatic heterocycles. The molecule has 22 heavy (non-hydrogen) atoms. The van der Waals surface area contributed by atoms with E-state index in [2.05, 4.69) is 17.0 Å². The molecular formula is C16H23N3O2S. The summed E-state index contributed by atoms with van der Waals surface area (Å²) < 4.78 is 30.7. The molecule has 2 aromatic rings. The van der Waals surface area contributed by atoms with E-state index in [-0.39, 0.29) is 6.04 Å². The molecule has 3 rings (SSSR count). The Labute approximate surface area is 131 Å². The Bertz CT molecular complexity index is 795. The van der Waals surface area contributed by atoms with E-state index in [1.54, 1.807) is 0 Å². The predicted octanol–water partition coefficient (Wildman–Crippen LogP) is 1.76. The number of aryl methyl sites for hydroxylation is 1. The first-order valence-corrected chi connectivity index (χ1v) is 9.17. The minimum atomic E-state index is -3.54. The first kappa shape index (κ1) is 15.5. The third-order valence-electron chi connectivity index (χ3n) is 4.74. The predicted molar refractivity (Wildman–Crippen MR) is 88.4 cm³/mol. The number of nitrogens with one attached hydrogen (secondary N) is 2. The fraction of sp³-hybridized carbons (Fsp3) is 0.500. The number of fused-ring (bicyclic) bond motifs is 1. The van der Waals surface area contributed by atoms with Gasteiger partial charge in [0.15, 0.2) is 0 Å². The van der Waals surface area contributed by atoms with Crippen LogP contribution in [0.3, 0.4) is 0 Å². The Hall–Kier alpha value is -1.37. The van der Waals surface area contributed by atoms with Crippen LogP contribution >= 0.6 is 0 Å². The minimum absolute atomic E-state index is 0.0582. The summed E-state index contributed by atoms with van der Waals surface area (Å²) >= 11 is 0. The maximum absolute atomic E-state index is 12.9. The van der Waals surface area contributed by atoms with Crippen molar-refractivity contribution in [3.8, 4) is 0 Å². The molecule has 0 radical (unpaired) electrons. The van der Waals surface area contributed by atoms with Gasteiger partial charge in [0.1, 0.15) is 4.90 Å². The molecule has 5 nitrogen and oxygen atoms in total. The first-order valence-electron chi connectivity index (χ1n) is 7.69. The molecule has 1 aliphatic rings. The maximum atomic E-state index is 12.9. The van der Waals surface area contributed by atoms with Gasteiger partial charge in [0.25, 0.3) is 0 Å². The lowest BCUT2D eigenvalue weighted by molar-refractivity contribution is 0.327. The number of para-hydroxylation sites is 1. The summed E-state index contributed by atoms with van der Waals surface area (Å²) in [6.45, 7) is 5.60. The Morgan fingerprint density at radius 2 is 2.05 bits per heavy atom. The van der Waals surface area contributed by atoms with E-state index in [1.807, 2.05) is 42.8 Å². The van der Waals surface area contributed by atoms with Crippen molar-refractivity contribution in [3.63, 3.8) is 0 Å². The fourth-order valence-corrected chi connectivity index (χ4v) is 5.05. The molecule has 120 valence electrons. The Kier molecular flexibility index (Phi) is 4.01. The van der Waals surface area contributed by atoms with E-state index in [1.165, 1.54) is 0 Å². The summed E-state index contributed by atoms with van der Waals surface area (Å²) in [6.07, 6.45) is 0.988. The quantitative estimate of drug-likeness (QED) is 0.905. The van der Waals surface area contributed by atoms with Crippen molar-refractivity contribution in [1.82, 2.24) is 14.6 Å². The second-order valence-electron chi connectivity index (χ2n) is 6.19. The zero-order valence-electron chi connectivity index (χ0n) is 13.3. The molecule has 1 saturated heterocycles. The van der Waals surface area contributed by atoms with Crippen LogP contribution in [0.5, 0.6) is 0 Å². The number of piperidine rings is 1. The molecular weight excluding hydrogens is 298 g/mol. The average Bonchev–Trinajstić information content (AvgIpc) is 2.74. The van der Waals surface area contributed by atoms with Crippen LogP contribution in [-0.2, 0) is 17.1 Å². The summed E-state index contributed by atoms with van der Waals surface area (Å²) in [5.74, 6) is 0.339. The SMILES string of the molecule is Cc1c(S(=O)(=O)NC2CNCCC2C)c2ccccc2n1C. The van der Waals surface area contributed by atoms with Gasteiger partial charge in [0.2, 0.25) is 10.0 Å². The van der Waals surface area contributed by atoms with E-state index in [0.29, 0.717) is 17.4 Å². The monoisotopic (exact) mass is 321 g/mol. The molecule has 1 aromatic carbocycles. The van der Waals surface area contributed by atoms with Gasteiger partial charge in [-0.25, -0.2) is 13.1 Å². The first-order chi connectivity index (χ1) is 10.4. The van der Waals surface area contributed by atoms with Gasteiger partial charge in [-0.2, -0.15) is 0 Å². The highest BCUT2D eigenvalue weighted by atomic mass is 32.2. The number of rotatable bonds is 3. The van der Waals surface area contributed by atoms with Crippen molar-refractivity contribution in [2.75, 3.05) is 13.1 Å². The molecule has 2 N–H and O–H groups in total. The normalized spacial score (nSPS) is 23.0. The molecule has 1 fully saturated rings. The number of benzene rings is 1. The summed E-state index contributed by atoms with van der Waals surface area (Å²) in [5, 5.41) is 4.05. The van der Waals surface area contributed by atoms with Gasteiger partial charge in [-0.15, -0.1) is 0 Å². The van der Waals surface area contributed by atoms with Crippen molar-refractivity contribution in [2.24, 2.45) is 13.0 Å². The van der Waals surface area contributed by atoms with E-state index in [4.69, 9.17) is 0 Å². The molecule has 6 heteroatoms. The minimum Gasteiger partial charge on any atom is -0.347 e. The summed E-state index contributed by atoms with van der Waals surface area (Å²) in [6, 6.07) is 7.58. The number of hydrogen-bond acceptors (Lipinski definition) is 3. The number of nitrogens with zero attached hydrogens (tertiary/aromatic N) is 1. The zero-order valence-corrected chi connectivity index (χ0v) is 14.1. The number of hydrogen-bond donors (Lipinski definition) is 2. The van der Waals surface area contributed by atoms with Gasteiger partial charge in [-0.1, -0.05) is 25.1 Å². The van der Waals surface area contributed by atoms with Gasteiger partial charge in [0, 0.05) is 36.2 Å². The molecule has 2 heterocycles. The molecule has 0 aliphatic carbocycles. The van der Waals surface area contributed by atoms with Crippen LogP contribution in [0.15, 0.2) is 29.2 Å². The summed E-state index contributed by atoms with van der Waals surface area (Å²) in [4.78, 5) is 0.406. The summed E-state index contributed by atoms with van der Waals surface area (Å²) in [5.41, 5.74) is 1.71. The lowest BCUT2D eigenvalue weighted by Gasteiger charge is -2.30. The summed E-state index contributed by atoms with van der Waals surface area (Å²) in [7, 11) is -1.64. The lowest BCUT2D eigenvalue weighted by Crippen LogP contribution is -2.50. The van der Waals surface area contributed by atoms with Crippen molar-refractivity contribution in [1.29, 1.82) is 0 Å². The van der Waals surface area contributed by atoms with Crippen molar-refractivity contribution >= 4 is 20.9 Å². The largest absolute Gasteiger partial charge is 0.347 e. The number of aromatic nitrogens is 1. The molecule has 2 atom stereocenters. The molecule has 0 amide bonds. The van der Waals surface area contributed by atoms with Crippen LogP contribution in [0.4, 0.5) is 0 Å². The average molecular weight is 321 g/mol. The highest BCUT2D eigenvalue weighted by Crippen LogP contribution is 2.29. The molecule has 1 aromatic heterocycles. The Morgan fingerprint density at radius 3 is 2.77 bits per heavy atom. The molecule has 0 saturated carbocycles. The maximum Gasteiger partial charge on any atom is 0.243 e. The lowest BCUT2D eigenvalue weighted by atomic mass is 9.96. The molecule has 2 unspecified atom stereocenters. The van der Waals surface area contributed by atoms with Crippen LogP contribution in [0.1, 0.15) is 19.0 Å². The second-order valence-corrected chi connectivity index (χ2v) is 7.84. The van der Waals surface area contributed by atoms with Crippen LogP contribution in [-0.4, -0.2) is 32.1 Å². The van der Waals surface area contributed by atoms with Crippen molar-refractivity contribution < 1.29 is 8.42 Å². The van der Waals surface area contributed by atoms with Gasteiger partial charge in [-0.05, 0) is 31.9 Å². The van der Waals surface area contributed by atoms with E-state index < -0.39 is 10.0 Å². The third kappa shape index (κ3) is 2.55. The topological polar surface area (TPSA) is 63.1 Å². The third-order valence-corrected chi connectivity index (χ3v) is 6.41. The Morgan fingerprint density at radius 1 is 1.32 bits per heavy atom. The van der Waals surface area contributed by atoms with Crippen LogP contribution < -0.4 is 10.0 Å². The van der Waals surface area contributed by atoms with E-state index in [0.717, 1.165) is 29.6 Å². The second kappa shape index (κ2) is 5.68. The van der Waals surface area contributed by atoms with Gasteiger partial charge in [0.05, 0.1) is 0 Å². The van der Waals surface area contributed by atoms with Crippen LogP contribution in [0.2, 0.25) is 0 Å². The van der Waals surface area contributed by atoms with Gasteiger partial charge in [-0.3, -0.25) is 0 Å². The standard InChI is InChI=1S/C16H23N3O2S/c1-11-8-9-17-10-14(11)18-22(20,21)16-12(2)19(3)15-7-5-4-6-13(15)16/h4-7,11,14,17-18H,8-10H2,1-3H3. The highest BCUT2D eigenvalue weighted by molar-refractivity contribution is 7.89.